The van der Waals surface area contributed by atoms with Crippen LogP contribution in [-0.4, -0.2) is 22.0 Å². The van der Waals surface area contributed by atoms with E-state index >= 15 is 0 Å². The predicted octanol–water partition coefficient (Wildman–Crippen LogP) is 4.66. The van der Waals surface area contributed by atoms with Crippen molar-refractivity contribution in [2.75, 3.05) is 11.9 Å². The van der Waals surface area contributed by atoms with E-state index in [-0.39, 0.29) is 12.1 Å². The first-order valence-corrected chi connectivity index (χ1v) is 8.69. The third kappa shape index (κ3) is 2.93. The number of urea groups is 1. The number of carbonyl (C=O) groups is 1. The Hall–Kier alpha value is -2.23. The number of nitrogens with zero attached hydrogens (tertiary/aromatic N) is 2. The number of hydrogen-bond acceptors (Lipinski definition) is 1. The Balaban J connectivity index is 1.86. The number of rotatable bonds is 2. The minimum absolute atomic E-state index is 0.00856. The minimum atomic E-state index is -0.00856. The van der Waals surface area contributed by atoms with Crippen LogP contribution < -0.4 is 5.32 Å². The molecule has 1 aliphatic rings. The Morgan fingerprint density at radius 3 is 2.54 bits per heavy atom. The summed E-state index contributed by atoms with van der Waals surface area (Å²) in [6, 6.07) is 10.5. The molecular weight excluding hydrogens is 298 g/mol. The van der Waals surface area contributed by atoms with Gasteiger partial charge in [-0.25, -0.2) is 4.79 Å². The van der Waals surface area contributed by atoms with Gasteiger partial charge in [-0.2, -0.15) is 0 Å². The maximum Gasteiger partial charge on any atom is 0.322 e. The van der Waals surface area contributed by atoms with Crippen LogP contribution in [0.2, 0.25) is 0 Å². The predicted molar refractivity (Wildman–Crippen MR) is 98.4 cm³/mol. The van der Waals surface area contributed by atoms with E-state index < -0.39 is 0 Å². The van der Waals surface area contributed by atoms with Crippen LogP contribution in [0.5, 0.6) is 0 Å². The molecule has 2 heterocycles. The Kier molecular flexibility index (Phi) is 4.39. The molecule has 1 aromatic heterocycles. The fraction of sp³-hybridized carbons (Fsp3) is 0.450. The first kappa shape index (κ1) is 16.6. The smallest absolute Gasteiger partial charge is 0.322 e. The largest absolute Gasteiger partial charge is 0.345 e. The first-order chi connectivity index (χ1) is 11.4. The van der Waals surface area contributed by atoms with E-state index in [9.17, 15) is 4.79 Å². The molecular formula is C20H27N3O. The van der Waals surface area contributed by atoms with Crippen LogP contribution in [0.4, 0.5) is 10.5 Å². The van der Waals surface area contributed by atoms with E-state index in [2.05, 4.69) is 55.8 Å². The van der Waals surface area contributed by atoms with E-state index in [0.29, 0.717) is 5.92 Å². The van der Waals surface area contributed by atoms with Crippen LogP contribution in [0.1, 0.15) is 42.4 Å². The van der Waals surface area contributed by atoms with Gasteiger partial charge in [-0.05, 0) is 50.5 Å². The second-order valence-electron chi connectivity index (χ2n) is 7.18. The van der Waals surface area contributed by atoms with Crippen LogP contribution in [-0.2, 0) is 6.54 Å². The highest BCUT2D eigenvalue weighted by atomic mass is 16.2. The molecule has 0 fully saturated rings. The molecule has 1 N–H and O–H groups in total. The van der Waals surface area contributed by atoms with Crippen molar-refractivity contribution in [3.05, 3.63) is 52.8 Å². The molecule has 0 saturated heterocycles. The lowest BCUT2D eigenvalue weighted by Gasteiger charge is -2.39. The fourth-order valence-corrected chi connectivity index (χ4v) is 3.73. The van der Waals surface area contributed by atoms with Crippen molar-refractivity contribution in [1.82, 2.24) is 9.47 Å². The van der Waals surface area contributed by atoms with Gasteiger partial charge in [0, 0.05) is 30.2 Å². The quantitative estimate of drug-likeness (QED) is 0.857. The topological polar surface area (TPSA) is 37.3 Å². The molecule has 0 bridgehead atoms. The van der Waals surface area contributed by atoms with Gasteiger partial charge < -0.3 is 14.8 Å². The SMILES string of the molecule is Cc1ccc(NC(=O)N2CCn3c(C)ccc3[C@H]2C(C)C)c(C)c1. The lowest BCUT2D eigenvalue weighted by atomic mass is 9.97. The Labute approximate surface area is 144 Å². The van der Waals surface area contributed by atoms with Crippen LogP contribution in [0.3, 0.4) is 0 Å². The fourth-order valence-electron chi connectivity index (χ4n) is 3.73. The van der Waals surface area contributed by atoms with Crippen molar-refractivity contribution in [2.45, 2.75) is 47.2 Å². The second kappa shape index (κ2) is 6.34. The van der Waals surface area contributed by atoms with Crippen molar-refractivity contribution in [3.8, 4) is 0 Å². The second-order valence-corrected chi connectivity index (χ2v) is 7.18. The number of fused-ring (bicyclic) bond motifs is 1. The van der Waals surface area contributed by atoms with Crippen molar-refractivity contribution in [3.63, 3.8) is 0 Å². The van der Waals surface area contributed by atoms with Gasteiger partial charge in [0.1, 0.15) is 0 Å². The van der Waals surface area contributed by atoms with Gasteiger partial charge in [0.15, 0.2) is 0 Å². The highest BCUT2D eigenvalue weighted by molar-refractivity contribution is 5.90. The van der Waals surface area contributed by atoms with Gasteiger partial charge in [0.05, 0.1) is 6.04 Å². The third-order valence-corrected chi connectivity index (χ3v) is 4.95. The third-order valence-electron chi connectivity index (χ3n) is 4.95. The molecule has 0 saturated carbocycles. The lowest BCUT2D eigenvalue weighted by Crippen LogP contribution is -2.46. The molecule has 3 rings (SSSR count). The zero-order valence-electron chi connectivity index (χ0n) is 15.3. The molecule has 128 valence electrons. The number of amides is 2. The zero-order valence-corrected chi connectivity index (χ0v) is 15.3. The maximum absolute atomic E-state index is 12.9. The molecule has 4 heteroatoms. The number of nitrogens with one attached hydrogen (secondary N) is 1. The number of benzene rings is 1. The molecule has 24 heavy (non-hydrogen) atoms. The van der Waals surface area contributed by atoms with E-state index in [1.54, 1.807) is 0 Å². The number of carbonyl (C=O) groups excluding carboxylic acids is 1. The summed E-state index contributed by atoms with van der Waals surface area (Å²) in [4.78, 5) is 14.9. The standard InChI is InChI=1S/C20H27N3O/c1-13(2)19-18-9-7-16(5)22(18)10-11-23(19)20(24)21-17-8-6-14(3)12-15(17)4/h6-9,12-13,19H,10-11H2,1-5H3,(H,21,24)/t19-/m1/s1. The Morgan fingerprint density at radius 2 is 1.88 bits per heavy atom. The molecule has 1 aromatic carbocycles. The van der Waals surface area contributed by atoms with Gasteiger partial charge in [0.2, 0.25) is 0 Å². The van der Waals surface area contributed by atoms with Crippen LogP contribution in [0.15, 0.2) is 30.3 Å². The van der Waals surface area contributed by atoms with Crippen LogP contribution >= 0.6 is 0 Å². The highest BCUT2D eigenvalue weighted by Crippen LogP contribution is 2.34. The van der Waals surface area contributed by atoms with E-state index in [1.165, 1.54) is 17.0 Å². The molecule has 0 spiro atoms. The van der Waals surface area contributed by atoms with E-state index in [4.69, 9.17) is 0 Å². The molecule has 4 nitrogen and oxygen atoms in total. The summed E-state index contributed by atoms with van der Waals surface area (Å²) in [5.74, 6) is 0.364. The van der Waals surface area contributed by atoms with E-state index in [0.717, 1.165) is 24.3 Å². The van der Waals surface area contributed by atoms with Gasteiger partial charge >= 0.3 is 6.03 Å². The molecule has 0 aliphatic carbocycles. The first-order valence-electron chi connectivity index (χ1n) is 8.69. The Morgan fingerprint density at radius 1 is 1.12 bits per heavy atom. The molecule has 1 aliphatic heterocycles. The summed E-state index contributed by atoms with van der Waals surface area (Å²) < 4.78 is 2.34. The lowest BCUT2D eigenvalue weighted by molar-refractivity contribution is 0.143. The summed E-state index contributed by atoms with van der Waals surface area (Å²) in [5.41, 5.74) is 5.71. The number of aromatic nitrogens is 1. The number of aryl methyl sites for hydroxylation is 3. The Bertz CT molecular complexity index is 760. The summed E-state index contributed by atoms with van der Waals surface area (Å²) in [5, 5.41) is 3.11. The van der Waals surface area contributed by atoms with Gasteiger partial charge in [-0.1, -0.05) is 31.5 Å². The molecule has 1 atom stereocenters. The average Bonchev–Trinajstić information content (AvgIpc) is 2.90. The number of anilines is 1. The summed E-state index contributed by atoms with van der Waals surface area (Å²) in [6.07, 6.45) is 0. The highest BCUT2D eigenvalue weighted by Gasteiger charge is 2.33. The maximum atomic E-state index is 12.9. The molecule has 0 radical (unpaired) electrons. The van der Waals surface area contributed by atoms with Gasteiger partial charge in [-0.3, -0.25) is 0 Å². The molecule has 2 aromatic rings. The number of hydrogen-bond donors (Lipinski definition) is 1. The van der Waals surface area contributed by atoms with Crippen molar-refractivity contribution in [1.29, 1.82) is 0 Å². The van der Waals surface area contributed by atoms with Crippen molar-refractivity contribution in [2.24, 2.45) is 5.92 Å². The van der Waals surface area contributed by atoms with E-state index in [1.807, 2.05) is 24.0 Å². The summed E-state index contributed by atoms with van der Waals surface area (Å²) >= 11 is 0. The van der Waals surface area contributed by atoms with Gasteiger partial charge in [-0.15, -0.1) is 0 Å². The molecule has 0 unspecified atom stereocenters. The van der Waals surface area contributed by atoms with Crippen LogP contribution in [0, 0.1) is 26.7 Å². The molecule has 2 amide bonds. The van der Waals surface area contributed by atoms with Gasteiger partial charge in [0.25, 0.3) is 0 Å². The average molecular weight is 325 g/mol. The summed E-state index contributed by atoms with van der Waals surface area (Å²) in [7, 11) is 0. The monoisotopic (exact) mass is 325 g/mol. The minimum Gasteiger partial charge on any atom is -0.345 e. The summed E-state index contributed by atoms with van der Waals surface area (Å²) in [6.45, 7) is 12.2. The van der Waals surface area contributed by atoms with Crippen molar-refractivity contribution >= 4 is 11.7 Å². The van der Waals surface area contributed by atoms with Crippen molar-refractivity contribution < 1.29 is 4.79 Å². The zero-order chi connectivity index (χ0) is 17.4. The van der Waals surface area contributed by atoms with Crippen LogP contribution in [0.25, 0.3) is 0 Å². The normalized spacial score (nSPS) is 17.1.